The highest BCUT2D eigenvalue weighted by atomic mass is 32.2. The Balaban J connectivity index is 1.71. The SMILES string of the molecule is C[C@H](NS(=O)(=O)c1cccc2c(S(=O)(=O)N[C@@H](C)c3ccccc3)cccc12)c1ccccc1. The van der Waals surface area contributed by atoms with Gasteiger partial charge in [-0.15, -0.1) is 0 Å². The molecule has 0 saturated carbocycles. The van der Waals surface area contributed by atoms with E-state index in [9.17, 15) is 16.8 Å². The topological polar surface area (TPSA) is 92.3 Å². The van der Waals surface area contributed by atoms with Gasteiger partial charge in [0, 0.05) is 22.9 Å². The van der Waals surface area contributed by atoms with Gasteiger partial charge in [-0.3, -0.25) is 0 Å². The first-order chi connectivity index (χ1) is 16.2. The fourth-order valence-electron chi connectivity index (χ4n) is 3.93. The highest BCUT2D eigenvalue weighted by Gasteiger charge is 2.25. The number of benzene rings is 4. The lowest BCUT2D eigenvalue weighted by molar-refractivity contribution is 0.565. The summed E-state index contributed by atoms with van der Waals surface area (Å²) in [5, 5.41) is 0.677. The zero-order valence-corrected chi connectivity index (χ0v) is 20.5. The highest BCUT2D eigenvalue weighted by molar-refractivity contribution is 7.90. The molecule has 0 aromatic heterocycles. The molecule has 2 atom stereocenters. The predicted molar refractivity (Wildman–Crippen MR) is 134 cm³/mol. The second kappa shape index (κ2) is 9.68. The van der Waals surface area contributed by atoms with Crippen LogP contribution in [0.25, 0.3) is 10.8 Å². The number of hydrogen-bond donors (Lipinski definition) is 2. The van der Waals surface area contributed by atoms with Gasteiger partial charge >= 0.3 is 0 Å². The normalized spacial score (nSPS) is 14.1. The van der Waals surface area contributed by atoms with Crippen LogP contribution in [0.5, 0.6) is 0 Å². The van der Waals surface area contributed by atoms with Crippen molar-refractivity contribution in [1.82, 2.24) is 9.44 Å². The maximum Gasteiger partial charge on any atom is 0.241 e. The van der Waals surface area contributed by atoms with Crippen LogP contribution in [-0.4, -0.2) is 16.8 Å². The summed E-state index contributed by atoms with van der Waals surface area (Å²) in [5.41, 5.74) is 1.65. The quantitative estimate of drug-likeness (QED) is 0.364. The Kier molecular flexibility index (Phi) is 6.86. The van der Waals surface area contributed by atoms with E-state index in [-0.39, 0.29) is 9.79 Å². The summed E-state index contributed by atoms with van der Waals surface area (Å²) in [6.07, 6.45) is 0. The van der Waals surface area contributed by atoms with Crippen LogP contribution >= 0.6 is 0 Å². The van der Waals surface area contributed by atoms with Crippen LogP contribution in [-0.2, 0) is 20.0 Å². The molecule has 0 aliphatic carbocycles. The number of nitrogens with one attached hydrogen (secondary N) is 2. The first-order valence-corrected chi connectivity index (χ1v) is 13.8. The maximum absolute atomic E-state index is 13.3. The van der Waals surface area contributed by atoms with E-state index >= 15 is 0 Å². The lowest BCUT2D eigenvalue weighted by atomic mass is 10.1. The Bertz CT molecular complexity index is 1390. The highest BCUT2D eigenvalue weighted by Crippen LogP contribution is 2.30. The van der Waals surface area contributed by atoms with Crippen molar-refractivity contribution in [3.63, 3.8) is 0 Å². The second-order valence-corrected chi connectivity index (χ2v) is 11.5. The van der Waals surface area contributed by atoms with E-state index in [4.69, 9.17) is 0 Å². The standard InChI is InChI=1S/C26H26N2O4S2/c1-19(21-11-5-3-6-12-21)27-33(29,30)25-17-9-16-24-23(25)15-10-18-26(24)34(31,32)28-20(2)22-13-7-4-8-14-22/h3-20,27-28H,1-2H3/t19-,20-/m0/s1. The summed E-state index contributed by atoms with van der Waals surface area (Å²) in [6, 6.07) is 26.9. The lowest BCUT2D eigenvalue weighted by Gasteiger charge is -2.18. The van der Waals surface area contributed by atoms with Crippen molar-refractivity contribution >= 4 is 30.8 Å². The van der Waals surface area contributed by atoms with Gasteiger partial charge in [-0.05, 0) is 37.1 Å². The van der Waals surface area contributed by atoms with Crippen molar-refractivity contribution in [2.45, 2.75) is 35.7 Å². The van der Waals surface area contributed by atoms with Crippen LogP contribution in [0.1, 0.15) is 37.1 Å². The van der Waals surface area contributed by atoms with Crippen LogP contribution in [0.15, 0.2) is 107 Å². The third-order valence-electron chi connectivity index (χ3n) is 5.68. The molecular formula is C26H26N2O4S2. The Morgan fingerprint density at radius 3 is 1.21 bits per heavy atom. The molecule has 34 heavy (non-hydrogen) atoms. The Labute approximate surface area is 200 Å². The molecule has 0 bridgehead atoms. The summed E-state index contributed by atoms with van der Waals surface area (Å²) >= 11 is 0. The van der Waals surface area contributed by atoms with E-state index in [0.29, 0.717) is 10.8 Å². The predicted octanol–water partition coefficient (Wildman–Crippen LogP) is 4.92. The fraction of sp³-hybridized carbons (Fsp3) is 0.154. The second-order valence-electron chi connectivity index (χ2n) is 8.11. The average Bonchev–Trinajstić information content (AvgIpc) is 2.83. The van der Waals surface area contributed by atoms with E-state index in [1.165, 1.54) is 12.1 Å². The molecule has 4 aromatic carbocycles. The summed E-state index contributed by atoms with van der Waals surface area (Å²) in [5.74, 6) is 0. The lowest BCUT2D eigenvalue weighted by Crippen LogP contribution is -2.28. The Morgan fingerprint density at radius 2 is 0.853 bits per heavy atom. The van der Waals surface area contributed by atoms with E-state index in [0.717, 1.165) is 11.1 Å². The van der Waals surface area contributed by atoms with E-state index in [1.54, 1.807) is 38.1 Å². The van der Waals surface area contributed by atoms with E-state index in [2.05, 4.69) is 9.44 Å². The van der Waals surface area contributed by atoms with Gasteiger partial charge in [-0.2, -0.15) is 0 Å². The molecule has 0 fully saturated rings. The average molecular weight is 495 g/mol. The molecule has 0 aliphatic heterocycles. The molecule has 0 unspecified atom stereocenters. The van der Waals surface area contributed by atoms with Crippen LogP contribution in [0.4, 0.5) is 0 Å². The molecule has 4 rings (SSSR count). The minimum absolute atomic E-state index is 0.0286. The zero-order chi connectivity index (χ0) is 24.3. The van der Waals surface area contributed by atoms with E-state index in [1.807, 2.05) is 60.7 Å². The molecule has 0 amide bonds. The number of sulfonamides is 2. The van der Waals surface area contributed by atoms with Gasteiger partial charge < -0.3 is 0 Å². The van der Waals surface area contributed by atoms with Crippen molar-refractivity contribution in [1.29, 1.82) is 0 Å². The minimum atomic E-state index is -3.93. The van der Waals surface area contributed by atoms with Gasteiger partial charge in [-0.1, -0.05) is 84.9 Å². The first-order valence-electron chi connectivity index (χ1n) is 10.9. The monoisotopic (exact) mass is 494 g/mol. The van der Waals surface area contributed by atoms with Crippen LogP contribution in [0.2, 0.25) is 0 Å². The van der Waals surface area contributed by atoms with E-state index < -0.39 is 32.1 Å². The molecule has 0 spiro atoms. The van der Waals surface area contributed by atoms with Crippen LogP contribution < -0.4 is 9.44 Å². The zero-order valence-electron chi connectivity index (χ0n) is 18.8. The molecule has 6 nitrogen and oxygen atoms in total. The van der Waals surface area contributed by atoms with Gasteiger partial charge in [0.25, 0.3) is 0 Å². The van der Waals surface area contributed by atoms with Gasteiger partial charge in [-0.25, -0.2) is 26.3 Å². The number of hydrogen-bond acceptors (Lipinski definition) is 4. The third-order valence-corrected chi connectivity index (χ3v) is 8.88. The molecule has 8 heteroatoms. The van der Waals surface area contributed by atoms with Gasteiger partial charge in [0.2, 0.25) is 20.0 Å². The third kappa shape index (κ3) is 5.05. The summed E-state index contributed by atoms with van der Waals surface area (Å²) < 4.78 is 58.5. The van der Waals surface area contributed by atoms with Crippen molar-refractivity contribution in [2.24, 2.45) is 0 Å². The summed E-state index contributed by atoms with van der Waals surface area (Å²) in [7, 11) is -7.86. The van der Waals surface area contributed by atoms with Crippen LogP contribution in [0.3, 0.4) is 0 Å². The number of fused-ring (bicyclic) bond motifs is 1. The van der Waals surface area contributed by atoms with Crippen LogP contribution in [0, 0.1) is 0 Å². The van der Waals surface area contributed by atoms with Gasteiger partial charge in [0.15, 0.2) is 0 Å². The molecule has 176 valence electrons. The smallest absolute Gasteiger partial charge is 0.207 e. The van der Waals surface area contributed by atoms with Crippen molar-refractivity contribution < 1.29 is 16.8 Å². The Hall–Kier alpha value is -3.04. The van der Waals surface area contributed by atoms with Gasteiger partial charge in [0.1, 0.15) is 0 Å². The molecule has 4 aromatic rings. The fourth-order valence-corrected chi connectivity index (χ4v) is 6.84. The molecule has 2 N–H and O–H groups in total. The van der Waals surface area contributed by atoms with Crippen molar-refractivity contribution in [3.8, 4) is 0 Å². The summed E-state index contributed by atoms with van der Waals surface area (Å²) in [4.78, 5) is 0.0573. The molecule has 0 saturated heterocycles. The summed E-state index contributed by atoms with van der Waals surface area (Å²) in [6.45, 7) is 3.53. The molecule has 0 heterocycles. The first kappa shape index (κ1) is 24.1. The molecular weight excluding hydrogens is 468 g/mol. The maximum atomic E-state index is 13.3. The molecule has 0 radical (unpaired) electrons. The minimum Gasteiger partial charge on any atom is -0.207 e. The van der Waals surface area contributed by atoms with Crippen molar-refractivity contribution in [3.05, 3.63) is 108 Å². The van der Waals surface area contributed by atoms with Gasteiger partial charge in [0.05, 0.1) is 9.79 Å². The largest absolute Gasteiger partial charge is 0.241 e. The van der Waals surface area contributed by atoms with Crippen molar-refractivity contribution in [2.75, 3.05) is 0 Å². The molecule has 0 aliphatic rings. The Morgan fingerprint density at radius 1 is 0.500 bits per heavy atom. The number of rotatable bonds is 8.